The first-order valence-electron chi connectivity index (χ1n) is 13.7. The van der Waals surface area contributed by atoms with Crippen molar-refractivity contribution in [3.8, 4) is 12.1 Å². The first-order chi connectivity index (χ1) is 17.7. The number of nitriles is 2. The summed E-state index contributed by atoms with van der Waals surface area (Å²) in [6, 6.07) is 21.6. The van der Waals surface area contributed by atoms with Gasteiger partial charge in [0, 0.05) is 11.8 Å². The van der Waals surface area contributed by atoms with E-state index in [1.807, 2.05) is 6.07 Å². The Balaban J connectivity index is 2.27. The summed E-state index contributed by atoms with van der Waals surface area (Å²) < 4.78 is 6.60. The third-order valence-corrected chi connectivity index (χ3v) is 7.58. The molecule has 37 heavy (non-hydrogen) atoms. The zero-order valence-electron chi connectivity index (χ0n) is 23.4. The second-order valence-electron chi connectivity index (χ2n) is 11.5. The van der Waals surface area contributed by atoms with Gasteiger partial charge in [0.25, 0.3) is 0 Å². The summed E-state index contributed by atoms with van der Waals surface area (Å²) in [5.41, 5.74) is 5.00. The average Bonchev–Trinajstić information content (AvgIpc) is 2.86. The van der Waals surface area contributed by atoms with Gasteiger partial charge in [-0.1, -0.05) is 102 Å². The minimum atomic E-state index is -0.739. The zero-order chi connectivity index (χ0) is 27.1. The van der Waals surface area contributed by atoms with Crippen LogP contribution < -0.4 is 0 Å². The van der Waals surface area contributed by atoms with Gasteiger partial charge in [-0.2, -0.15) is 10.5 Å². The Hall–Kier alpha value is -3.14. The van der Waals surface area contributed by atoms with Crippen molar-refractivity contribution in [3.05, 3.63) is 89.0 Å². The number of hydrogen-bond acceptors (Lipinski definition) is 3. The van der Waals surface area contributed by atoms with Crippen LogP contribution in [0.25, 0.3) is 5.57 Å². The maximum atomic E-state index is 9.55. The predicted octanol–water partition coefficient (Wildman–Crippen LogP) is 8.42. The first-order valence-corrected chi connectivity index (χ1v) is 13.7. The van der Waals surface area contributed by atoms with E-state index in [1.165, 1.54) is 22.3 Å². The van der Waals surface area contributed by atoms with Gasteiger partial charge in [0.1, 0.15) is 12.2 Å². The second-order valence-corrected chi connectivity index (χ2v) is 11.5. The van der Waals surface area contributed by atoms with Gasteiger partial charge in [-0.15, -0.1) is 0 Å². The van der Waals surface area contributed by atoms with Gasteiger partial charge in [-0.05, 0) is 70.9 Å². The molecule has 0 amide bonds. The van der Waals surface area contributed by atoms with Gasteiger partial charge >= 0.3 is 0 Å². The average molecular weight is 495 g/mol. The number of benzene rings is 2. The molecule has 0 heterocycles. The molecule has 2 aromatic carbocycles. The number of aryl methyl sites for hydroxylation is 1. The molecule has 0 spiro atoms. The Morgan fingerprint density at radius 3 is 2.22 bits per heavy atom. The smallest absolute Gasteiger partial charge is 0.135 e. The van der Waals surface area contributed by atoms with E-state index in [1.54, 1.807) is 0 Å². The summed E-state index contributed by atoms with van der Waals surface area (Å²) in [6.07, 6.45) is 10.1. The molecule has 3 nitrogen and oxygen atoms in total. The van der Waals surface area contributed by atoms with Crippen molar-refractivity contribution in [2.24, 2.45) is 23.2 Å². The van der Waals surface area contributed by atoms with Gasteiger partial charge in [-0.3, -0.25) is 0 Å². The maximum absolute atomic E-state index is 9.55. The van der Waals surface area contributed by atoms with Crippen LogP contribution in [0.2, 0.25) is 0 Å². The van der Waals surface area contributed by atoms with Crippen LogP contribution in [0.1, 0.15) is 76.6 Å². The molecule has 3 rings (SSSR count). The Labute approximate surface area is 224 Å². The lowest BCUT2D eigenvalue weighted by Crippen LogP contribution is -2.51. The molecule has 194 valence electrons. The summed E-state index contributed by atoms with van der Waals surface area (Å²) in [4.78, 5) is 0. The van der Waals surface area contributed by atoms with Crippen LogP contribution in [-0.4, -0.2) is 6.61 Å². The van der Waals surface area contributed by atoms with Gasteiger partial charge in [0.15, 0.2) is 0 Å². The normalized spacial score (nSPS) is 21.2. The lowest BCUT2D eigenvalue weighted by Gasteiger charge is -2.53. The highest BCUT2D eigenvalue weighted by molar-refractivity contribution is 5.79. The zero-order valence-corrected chi connectivity index (χ0v) is 23.4. The fourth-order valence-corrected chi connectivity index (χ4v) is 6.04. The second kappa shape index (κ2) is 12.4. The van der Waals surface area contributed by atoms with Crippen LogP contribution in [-0.2, 0) is 23.2 Å². The molecule has 2 aromatic rings. The van der Waals surface area contributed by atoms with E-state index in [0.717, 1.165) is 24.8 Å². The fraction of sp³-hybridized carbons (Fsp3) is 0.471. The third kappa shape index (κ3) is 6.06. The largest absolute Gasteiger partial charge is 0.350 e. The third-order valence-electron chi connectivity index (χ3n) is 7.58. The quantitative estimate of drug-likeness (QED) is 0.315. The maximum Gasteiger partial charge on any atom is 0.135 e. The number of hydrogen-bond donors (Lipinski definition) is 0. The molecule has 1 aliphatic carbocycles. The van der Waals surface area contributed by atoms with Gasteiger partial charge in [0.05, 0.1) is 12.1 Å². The summed E-state index contributed by atoms with van der Waals surface area (Å²) >= 11 is 0. The molecule has 0 saturated carbocycles. The lowest BCUT2D eigenvalue weighted by atomic mass is 9.56. The molecular weight excluding hydrogens is 452 g/mol. The lowest BCUT2D eigenvalue weighted by molar-refractivity contribution is -0.104. The van der Waals surface area contributed by atoms with Crippen molar-refractivity contribution in [1.29, 1.82) is 10.5 Å². The first kappa shape index (κ1) is 28.4. The number of rotatable bonds is 11. The molecule has 0 N–H and O–H groups in total. The van der Waals surface area contributed by atoms with Crippen LogP contribution >= 0.6 is 0 Å². The van der Waals surface area contributed by atoms with Crippen LogP contribution in [0.4, 0.5) is 0 Å². The highest BCUT2D eigenvalue weighted by Crippen LogP contribution is 2.57. The van der Waals surface area contributed by atoms with Crippen molar-refractivity contribution in [2.75, 3.05) is 6.61 Å². The molecule has 0 aromatic heterocycles. The van der Waals surface area contributed by atoms with Crippen LogP contribution in [0.15, 0.2) is 66.8 Å². The molecule has 0 aliphatic heterocycles. The van der Waals surface area contributed by atoms with Crippen molar-refractivity contribution in [1.82, 2.24) is 0 Å². The van der Waals surface area contributed by atoms with E-state index in [9.17, 15) is 5.26 Å². The molecule has 0 bridgehead atoms. The fourth-order valence-electron chi connectivity index (χ4n) is 6.04. The molecule has 1 aliphatic rings. The molecule has 0 radical (unpaired) electrons. The summed E-state index contributed by atoms with van der Waals surface area (Å²) in [5, 5.41) is 18.6. The van der Waals surface area contributed by atoms with E-state index < -0.39 is 5.60 Å². The van der Waals surface area contributed by atoms with Crippen molar-refractivity contribution in [2.45, 2.75) is 72.8 Å². The number of nitrogens with zero attached hydrogens (tertiary/aromatic N) is 2. The minimum Gasteiger partial charge on any atom is -0.350 e. The monoisotopic (exact) mass is 494 g/mol. The van der Waals surface area contributed by atoms with Crippen LogP contribution in [0.5, 0.6) is 0 Å². The number of allylic oxidation sites excluding steroid dienone is 2. The molecule has 2 atom stereocenters. The topological polar surface area (TPSA) is 56.8 Å². The van der Waals surface area contributed by atoms with E-state index in [4.69, 9.17) is 10.00 Å². The molecule has 0 fully saturated rings. The molecular formula is C34H42N2O. The Bertz CT molecular complexity index is 1190. The van der Waals surface area contributed by atoms with Gasteiger partial charge in [0.2, 0.25) is 0 Å². The van der Waals surface area contributed by atoms with Crippen LogP contribution in [0.3, 0.4) is 0 Å². The SMILES string of the molecule is CC(C)Cc1cc(CCC#N)ccc1C1=CC(CC(C)C)(C(C)C)C(OCC#N)(c2ccccc2)C=C1. The van der Waals surface area contributed by atoms with Gasteiger partial charge in [-0.25, -0.2) is 0 Å². The standard InChI is InChI=1S/C34H42N2O/c1-25(2)21-30-22-28(11-10-18-35)14-15-32(30)29-16-17-34(37-20-19-36,31-12-8-7-9-13-31)33(24-29,27(5)6)23-26(3)4/h7-9,12-17,22,24-27H,10-11,20-21,23H2,1-6H3. The molecule has 0 saturated heterocycles. The molecule has 3 heteroatoms. The van der Waals surface area contributed by atoms with E-state index in [-0.39, 0.29) is 17.9 Å². The van der Waals surface area contributed by atoms with Crippen molar-refractivity contribution in [3.63, 3.8) is 0 Å². The van der Waals surface area contributed by atoms with E-state index in [2.05, 4.69) is 114 Å². The Morgan fingerprint density at radius 1 is 0.892 bits per heavy atom. The predicted molar refractivity (Wildman–Crippen MR) is 152 cm³/mol. The minimum absolute atomic E-state index is 0.0289. The van der Waals surface area contributed by atoms with Crippen molar-refractivity contribution < 1.29 is 4.74 Å². The van der Waals surface area contributed by atoms with E-state index in [0.29, 0.717) is 18.3 Å². The Morgan fingerprint density at radius 2 is 1.62 bits per heavy atom. The molecule has 2 unspecified atom stereocenters. The highest BCUT2D eigenvalue weighted by Gasteiger charge is 2.54. The Kier molecular flexibility index (Phi) is 9.53. The summed E-state index contributed by atoms with van der Waals surface area (Å²) in [6.45, 7) is 13.6. The summed E-state index contributed by atoms with van der Waals surface area (Å²) in [7, 11) is 0. The van der Waals surface area contributed by atoms with E-state index >= 15 is 0 Å². The highest BCUT2D eigenvalue weighted by atomic mass is 16.5. The van der Waals surface area contributed by atoms with Gasteiger partial charge < -0.3 is 4.74 Å². The summed E-state index contributed by atoms with van der Waals surface area (Å²) in [5.74, 6) is 1.21. The van der Waals surface area contributed by atoms with Crippen LogP contribution in [0, 0.1) is 45.8 Å². The van der Waals surface area contributed by atoms with Crippen molar-refractivity contribution >= 4 is 5.57 Å². The number of ether oxygens (including phenoxy) is 1.